The van der Waals surface area contributed by atoms with E-state index in [1.165, 1.54) is 0 Å². The monoisotopic (exact) mass is 200 g/mol. The van der Waals surface area contributed by atoms with Gasteiger partial charge in [-0.25, -0.2) is 9.59 Å². The van der Waals surface area contributed by atoms with E-state index in [-0.39, 0.29) is 59.1 Å². The van der Waals surface area contributed by atoms with E-state index in [1.54, 1.807) is 0 Å². The van der Waals surface area contributed by atoms with Crippen molar-refractivity contribution in [2.24, 2.45) is 0 Å². The van der Waals surface area contributed by atoms with Crippen molar-refractivity contribution in [2.45, 2.75) is 0 Å². The van der Waals surface area contributed by atoms with E-state index in [2.05, 4.69) is 0 Å². The van der Waals surface area contributed by atoms with Gasteiger partial charge in [-0.15, -0.1) is 0 Å². The summed E-state index contributed by atoms with van der Waals surface area (Å²) in [5.74, 6) is -3.65. The van der Waals surface area contributed by atoms with Crippen molar-refractivity contribution < 1.29 is 34.9 Å². The van der Waals surface area contributed by atoms with Gasteiger partial charge in [-0.2, -0.15) is 0 Å². The molecular formula is C2H7BNa2O7. The van der Waals surface area contributed by atoms with Gasteiger partial charge in [-0.3, -0.25) is 0 Å². The number of carboxylic acids is 2. The Morgan fingerprint density at radius 3 is 0.917 bits per heavy atom. The molecule has 0 unspecified atom stereocenters. The second-order valence-electron chi connectivity index (χ2n) is 0.957. The van der Waals surface area contributed by atoms with E-state index < -0.39 is 19.3 Å². The van der Waals surface area contributed by atoms with Gasteiger partial charge in [0.25, 0.3) is 0 Å². The minimum atomic E-state index is -2.17. The fourth-order valence-electron chi connectivity index (χ4n) is 0. The van der Waals surface area contributed by atoms with Crippen LogP contribution in [0.1, 0.15) is 0 Å². The third kappa shape index (κ3) is 44.6. The average molecular weight is 200 g/mol. The van der Waals surface area contributed by atoms with Crippen LogP contribution in [0.2, 0.25) is 0 Å². The van der Waals surface area contributed by atoms with Gasteiger partial charge in [0, 0.05) is 0 Å². The molecule has 0 bridgehead atoms. The molecule has 0 aromatic rings. The Morgan fingerprint density at radius 2 is 0.917 bits per heavy atom. The van der Waals surface area contributed by atoms with Gasteiger partial charge in [0.2, 0.25) is 0 Å². The maximum absolute atomic E-state index is 9.10. The summed E-state index contributed by atoms with van der Waals surface area (Å²) in [6.45, 7) is 0. The number of aliphatic carboxylic acids is 2. The van der Waals surface area contributed by atoms with Crippen molar-refractivity contribution in [3.8, 4) is 0 Å². The van der Waals surface area contributed by atoms with Crippen LogP contribution in [-0.4, -0.2) is 104 Å². The van der Waals surface area contributed by atoms with Gasteiger partial charge in [-0.05, 0) is 0 Å². The first kappa shape index (κ1) is 23.1. The summed E-state index contributed by atoms with van der Waals surface area (Å²) in [6.07, 6.45) is 0. The number of carboxylic acid groups (broad SMARTS) is 2. The Labute approximate surface area is 112 Å². The molecule has 0 aliphatic carbocycles. The summed E-state index contributed by atoms with van der Waals surface area (Å²) in [6, 6.07) is 0. The molecule has 0 radical (unpaired) electrons. The first-order chi connectivity index (χ1) is 4.37. The standard InChI is InChI=1S/C2H2O4.BH3O3.2Na.2H/c3-1(4)2(5)6;2-1(3)4;;;;/h(H,3,4)(H,5,6);2-4H;;;;. The molecule has 10 heteroatoms. The third-order valence-corrected chi connectivity index (χ3v) is 0.183. The molecule has 7 nitrogen and oxygen atoms in total. The quantitative estimate of drug-likeness (QED) is 0.197. The van der Waals surface area contributed by atoms with Crippen LogP contribution in [0, 0.1) is 0 Å². The average Bonchev–Trinajstić information content (AvgIpc) is 1.63. The summed E-state index contributed by atoms with van der Waals surface area (Å²) in [5.41, 5.74) is 0. The first-order valence-electron chi connectivity index (χ1n) is 1.88. The molecule has 12 heavy (non-hydrogen) atoms. The van der Waals surface area contributed by atoms with Crippen LogP contribution in [0.3, 0.4) is 0 Å². The van der Waals surface area contributed by atoms with Crippen LogP contribution < -0.4 is 0 Å². The molecule has 62 valence electrons. The van der Waals surface area contributed by atoms with E-state index >= 15 is 0 Å². The number of rotatable bonds is 0. The third-order valence-electron chi connectivity index (χ3n) is 0.183. The SMILES string of the molecule is O=C(O)C(=O)O.OB(O)O.[NaH].[NaH]. The molecule has 0 saturated carbocycles. The van der Waals surface area contributed by atoms with Crippen molar-refractivity contribution >= 4 is 78.4 Å². The number of hydrogen-bond donors (Lipinski definition) is 5. The van der Waals surface area contributed by atoms with E-state index in [0.717, 1.165) is 0 Å². The molecular weight excluding hydrogens is 193 g/mol. The van der Waals surface area contributed by atoms with E-state index in [4.69, 9.17) is 34.9 Å². The Kier molecular flexibility index (Phi) is 27.7. The van der Waals surface area contributed by atoms with Gasteiger partial charge in [0.15, 0.2) is 0 Å². The fraction of sp³-hybridized carbons (Fsp3) is 0. The minimum absolute atomic E-state index is 0. The van der Waals surface area contributed by atoms with Crippen LogP contribution >= 0.6 is 0 Å². The molecule has 5 N–H and O–H groups in total. The van der Waals surface area contributed by atoms with Gasteiger partial charge in [0.05, 0.1) is 0 Å². The van der Waals surface area contributed by atoms with E-state index in [0.29, 0.717) is 0 Å². The summed E-state index contributed by atoms with van der Waals surface area (Å²) in [4.78, 5) is 18.2. The topological polar surface area (TPSA) is 135 Å². The van der Waals surface area contributed by atoms with Crippen molar-refractivity contribution in [3.05, 3.63) is 0 Å². The van der Waals surface area contributed by atoms with Gasteiger partial charge in [-0.1, -0.05) is 0 Å². The number of carbonyl (C=O) groups is 2. The van der Waals surface area contributed by atoms with Crippen LogP contribution in [0.25, 0.3) is 0 Å². The summed E-state index contributed by atoms with van der Waals surface area (Å²) < 4.78 is 0. The predicted molar refractivity (Wildman–Crippen MR) is 42.0 cm³/mol. The molecule has 0 heterocycles. The van der Waals surface area contributed by atoms with Gasteiger partial charge in [0.1, 0.15) is 0 Å². The molecule has 0 saturated heterocycles. The molecule has 0 aliphatic rings. The molecule has 0 amide bonds. The molecule has 0 aromatic heterocycles. The van der Waals surface area contributed by atoms with Crippen molar-refractivity contribution in [1.29, 1.82) is 0 Å². The second-order valence-corrected chi connectivity index (χ2v) is 0.957. The molecule has 0 aromatic carbocycles. The van der Waals surface area contributed by atoms with Crippen LogP contribution in [0.4, 0.5) is 0 Å². The molecule has 0 spiro atoms. The van der Waals surface area contributed by atoms with Gasteiger partial charge < -0.3 is 25.3 Å². The zero-order valence-corrected chi connectivity index (χ0v) is 4.63. The zero-order valence-electron chi connectivity index (χ0n) is 4.63. The first-order valence-corrected chi connectivity index (χ1v) is 1.88. The zero-order chi connectivity index (χ0) is 8.73. The maximum atomic E-state index is 9.10. The summed E-state index contributed by atoms with van der Waals surface area (Å²) >= 11 is 0. The molecule has 0 atom stereocenters. The van der Waals surface area contributed by atoms with Gasteiger partial charge >= 0.3 is 78.4 Å². The Balaban J connectivity index is -0.0000000483. The molecule has 0 aliphatic heterocycles. The van der Waals surface area contributed by atoms with Crippen molar-refractivity contribution in [1.82, 2.24) is 0 Å². The second kappa shape index (κ2) is 14.4. The van der Waals surface area contributed by atoms with E-state index in [9.17, 15) is 0 Å². The Bertz CT molecular complexity index is 112. The predicted octanol–water partition coefficient (Wildman–Crippen LogP) is -4.19. The fourth-order valence-corrected chi connectivity index (χ4v) is 0. The molecule has 0 rings (SSSR count). The number of hydrogen-bond acceptors (Lipinski definition) is 5. The van der Waals surface area contributed by atoms with Crippen LogP contribution in [0.5, 0.6) is 0 Å². The van der Waals surface area contributed by atoms with E-state index in [1.807, 2.05) is 0 Å². The van der Waals surface area contributed by atoms with Crippen molar-refractivity contribution in [2.75, 3.05) is 0 Å². The summed E-state index contributed by atoms with van der Waals surface area (Å²) in [5, 5.41) is 36.3. The van der Waals surface area contributed by atoms with Crippen LogP contribution in [0.15, 0.2) is 0 Å². The Hall–Kier alpha value is 0.885. The normalized spacial score (nSPS) is 5.92. The van der Waals surface area contributed by atoms with Crippen LogP contribution in [-0.2, 0) is 9.59 Å². The summed E-state index contributed by atoms with van der Waals surface area (Å²) in [7, 11) is -2.17. The Morgan fingerprint density at radius 1 is 0.833 bits per heavy atom. The molecule has 0 fully saturated rings. The van der Waals surface area contributed by atoms with Crippen molar-refractivity contribution in [3.63, 3.8) is 0 Å².